The number of allylic oxidation sites excluding steroid dienone is 1. The van der Waals surface area contributed by atoms with Gasteiger partial charge in [0, 0.05) is 43.0 Å². The molecule has 40 heavy (non-hydrogen) atoms. The summed E-state index contributed by atoms with van der Waals surface area (Å²) in [5, 5.41) is 10.3. The Balaban J connectivity index is 1.29. The third kappa shape index (κ3) is 5.10. The summed E-state index contributed by atoms with van der Waals surface area (Å²) in [5.41, 5.74) is 8.83. The van der Waals surface area contributed by atoms with Crippen molar-refractivity contribution in [3.8, 4) is 28.7 Å². The van der Waals surface area contributed by atoms with E-state index in [4.69, 9.17) is 10.5 Å². The Hall–Kier alpha value is -4.78. The average Bonchev–Trinajstić information content (AvgIpc) is 3.68. The van der Waals surface area contributed by atoms with Crippen LogP contribution in [0.5, 0.6) is 11.5 Å². The number of hydrogen-bond donors (Lipinski definition) is 1. The molecule has 0 bridgehead atoms. The van der Waals surface area contributed by atoms with E-state index in [1.807, 2.05) is 22.9 Å². The number of hydrogen-bond acceptors (Lipinski definition) is 6. The molecule has 2 N–H and O–H groups in total. The molecular weight excluding hydrogens is 514 g/mol. The minimum atomic E-state index is -0.722. The van der Waals surface area contributed by atoms with E-state index in [0.717, 1.165) is 55.0 Å². The van der Waals surface area contributed by atoms with Crippen molar-refractivity contribution < 1.29 is 18.3 Å². The predicted octanol–water partition coefficient (Wildman–Crippen LogP) is 5.77. The van der Waals surface area contributed by atoms with Gasteiger partial charge >= 0.3 is 0 Å². The maximum absolute atomic E-state index is 13.6. The second-order valence-corrected chi connectivity index (χ2v) is 10.2. The standard InChI is InChI=1S/C30H26F2N6O2/c31-21-11-22(32)13-25(12-21)40-24-7-5-19(6-8-24)26-16-38(29-27(26)28(34)35-17-36-29)23-2-1-9-37(15-23)30(39)20(14-33)10-18-3-4-18/h5-8,10-13,16-18,23H,1-4,9,15H2,(H2,34,35,36)/b20-10-/t23-/m1/s1. The molecule has 6 rings (SSSR count). The highest BCUT2D eigenvalue weighted by Gasteiger charge is 2.30. The Bertz CT molecular complexity index is 1650. The number of fused-ring (bicyclic) bond motifs is 1. The van der Waals surface area contributed by atoms with E-state index in [-0.39, 0.29) is 23.3 Å². The summed E-state index contributed by atoms with van der Waals surface area (Å²) in [5.74, 6) is -0.531. The number of amides is 1. The van der Waals surface area contributed by atoms with E-state index in [2.05, 4.69) is 16.0 Å². The van der Waals surface area contributed by atoms with Crippen LogP contribution < -0.4 is 10.5 Å². The highest BCUT2D eigenvalue weighted by Crippen LogP contribution is 2.37. The van der Waals surface area contributed by atoms with Gasteiger partial charge in [0.05, 0.1) is 11.4 Å². The van der Waals surface area contributed by atoms with Crippen molar-refractivity contribution in [2.24, 2.45) is 5.92 Å². The molecule has 10 heteroatoms. The lowest BCUT2D eigenvalue weighted by Crippen LogP contribution is -2.41. The molecule has 2 aliphatic rings. The second-order valence-electron chi connectivity index (χ2n) is 10.2. The summed E-state index contributed by atoms with van der Waals surface area (Å²) in [6.07, 6.45) is 8.88. The van der Waals surface area contributed by atoms with Crippen LogP contribution in [0.2, 0.25) is 0 Å². The van der Waals surface area contributed by atoms with Gasteiger partial charge in [-0.15, -0.1) is 0 Å². The summed E-state index contributed by atoms with van der Waals surface area (Å²) in [6.45, 7) is 1.05. The van der Waals surface area contributed by atoms with Crippen LogP contribution in [0.3, 0.4) is 0 Å². The molecule has 0 spiro atoms. The first-order valence-electron chi connectivity index (χ1n) is 13.2. The van der Waals surface area contributed by atoms with Crippen LogP contribution in [0.15, 0.2) is 66.6 Å². The number of likely N-dealkylation sites (tertiary alicyclic amines) is 1. The van der Waals surface area contributed by atoms with Crippen LogP contribution >= 0.6 is 0 Å². The van der Waals surface area contributed by atoms with Crippen molar-refractivity contribution in [3.63, 3.8) is 0 Å². The number of nitrogens with two attached hydrogens (primary N) is 1. The maximum atomic E-state index is 13.6. The highest BCUT2D eigenvalue weighted by atomic mass is 19.1. The van der Waals surface area contributed by atoms with Gasteiger partial charge in [0.2, 0.25) is 0 Å². The Labute approximate surface area is 229 Å². The topological polar surface area (TPSA) is 110 Å². The number of nitrogen functional groups attached to an aromatic ring is 1. The lowest BCUT2D eigenvalue weighted by Gasteiger charge is -2.33. The fourth-order valence-corrected chi connectivity index (χ4v) is 5.22. The second kappa shape index (κ2) is 10.4. The first kappa shape index (κ1) is 25.5. The van der Waals surface area contributed by atoms with Crippen LogP contribution in [0.1, 0.15) is 31.7 Å². The molecule has 1 saturated carbocycles. The minimum absolute atomic E-state index is 0.0578. The van der Waals surface area contributed by atoms with Gasteiger partial charge in [-0.2, -0.15) is 5.26 Å². The van der Waals surface area contributed by atoms with E-state index in [0.29, 0.717) is 41.6 Å². The number of nitrogens with zero attached hydrogens (tertiary/aromatic N) is 5. The van der Waals surface area contributed by atoms with Crippen LogP contribution in [0, 0.1) is 28.9 Å². The van der Waals surface area contributed by atoms with E-state index in [9.17, 15) is 18.8 Å². The van der Waals surface area contributed by atoms with Crippen molar-refractivity contribution in [1.29, 1.82) is 5.26 Å². The number of aromatic nitrogens is 3. The Morgan fingerprint density at radius 2 is 1.82 bits per heavy atom. The van der Waals surface area contributed by atoms with E-state index in [1.165, 1.54) is 6.33 Å². The summed E-state index contributed by atoms with van der Waals surface area (Å²) in [7, 11) is 0. The smallest absolute Gasteiger partial charge is 0.264 e. The molecule has 3 heterocycles. The van der Waals surface area contributed by atoms with Gasteiger partial charge in [0.25, 0.3) is 5.91 Å². The number of rotatable bonds is 6. The first-order chi connectivity index (χ1) is 19.4. The molecular formula is C30H26F2N6O2. The fourth-order valence-electron chi connectivity index (χ4n) is 5.22. The maximum Gasteiger partial charge on any atom is 0.264 e. The lowest BCUT2D eigenvalue weighted by molar-refractivity contribution is -0.128. The molecule has 0 radical (unpaired) electrons. The van der Waals surface area contributed by atoms with Gasteiger partial charge in [-0.1, -0.05) is 18.2 Å². The number of ether oxygens (including phenoxy) is 1. The molecule has 202 valence electrons. The normalized spacial score (nSPS) is 17.6. The fraction of sp³-hybridized carbons (Fsp3) is 0.267. The highest BCUT2D eigenvalue weighted by molar-refractivity contribution is 6.01. The number of piperidine rings is 1. The lowest BCUT2D eigenvalue weighted by atomic mass is 10.0. The van der Waals surface area contributed by atoms with Gasteiger partial charge in [-0.3, -0.25) is 4.79 Å². The van der Waals surface area contributed by atoms with Gasteiger partial charge in [-0.05, 0) is 49.3 Å². The number of nitriles is 1. The number of halogens is 2. The van der Waals surface area contributed by atoms with Crippen molar-refractivity contribution in [2.75, 3.05) is 18.8 Å². The Morgan fingerprint density at radius 1 is 1.07 bits per heavy atom. The molecule has 1 aliphatic carbocycles. The van der Waals surface area contributed by atoms with Crippen molar-refractivity contribution in [2.45, 2.75) is 31.7 Å². The molecule has 2 aromatic carbocycles. The van der Waals surface area contributed by atoms with Crippen LogP contribution in [-0.4, -0.2) is 38.4 Å². The van der Waals surface area contributed by atoms with Gasteiger partial charge in [0.15, 0.2) is 0 Å². The van der Waals surface area contributed by atoms with E-state index < -0.39 is 11.6 Å². The summed E-state index contributed by atoms with van der Waals surface area (Å²) in [6, 6.07) is 12.1. The van der Waals surface area contributed by atoms with Crippen molar-refractivity contribution >= 4 is 22.8 Å². The minimum Gasteiger partial charge on any atom is -0.457 e. The van der Waals surface area contributed by atoms with E-state index in [1.54, 1.807) is 23.1 Å². The number of carbonyl (C=O) groups excluding carboxylic acids is 1. The third-order valence-electron chi connectivity index (χ3n) is 7.33. The van der Waals surface area contributed by atoms with Crippen molar-refractivity contribution in [3.05, 3.63) is 78.3 Å². The van der Waals surface area contributed by atoms with Crippen LogP contribution in [-0.2, 0) is 4.79 Å². The molecule has 0 unspecified atom stereocenters. The zero-order valence-corrected chi connectivity index (χ0v) is 21.6. The number of anilines is 1. The number of benzene rings is 2. The first-order valence-corrected chi connectivity index (χ1v) is 13.2. The third-order valence-corrected chi connectivity index (χ3v) is 7.33. The van der Waals surface area contributed by atoms with Crippen molar-refractivity contribution in [1.82, 2.24) is 19.4 Å². The molecule has 8 nitrogen and oxygen atoms in total. The Kier molecular flexibility index (Phi) is 6.64. The molecule has 1 atom stereocenters. The van der Waals surface area contributed by atoms with Gasteiger partial charge in [-0.25, -0.2) is 18.7 Å². The van der Waals surface area contributed by atoms with Gasteiger partial charge < -0.3 is 19.9 Å². The average molecular weight is 541 g/mol. The largest absolute Gasteiger partial charge is 0.457 e. The Morgan fingerprint density at radius 3 is 2.52 bits per heavy atom. The van der Waals surface area contributed by atoms with Gasteiger partial charge in [0.1, 0.15) is 52.6 Å². The molecule has 2 aromatic heterocycles. The SMILES string of the molecule is N#C/C(=C/C1CC1)C(=O)N1CCC[C@@H](n2cc(-c3ccc(Oc4cc(F)cc(F)c4)cc3)c3c(N)ncnc32)C1. The zero-order valence-electron chi connectivity index (χ0n) is 21.6. The molecule has 1 amide bonds. The van der Waals surface area contributed by atoms with Crippen LogP contribution in [0.4, 0.5) is 14.6 Å². The zero-order chi connectivity index (χ0) is 27.8. The predicted molar refractivity (Wildman–Crippen MR) is 145 cm³/mol. The van der Waals surface area contributed by atoms with E-state index >= 15 is 0 Å². The summed E-state index contributed by atoms with van der Waals surface area (Å²) in [4.78, 5) is 23.6. The summed E-state index contributed by atoms with van der Waals surface area (Å²) >= 11 is 0. The summed E-state index contributed by atoms with van der Waals surface area (Å²) < 4.78 is 34.8. The molecule has 4 aromatic rings. The molecule has 2 fully saturated rings. The number of carbonyl (C=O) groups is 1. The monoisotopic (exact) mass is 540 g/mol. The molecule has 1 saturated heterocycles. The van der Waals surface area contributed by atoms with Crippen LogP contribution in [0.25, 0.3) is 22.2 Å². The quantitative estimate of drug-likeness (QED) is 0.245. The molecule has 1 aliphatic heterocycles.